The number of nitrogens with one attached hydrogen (secondary N) is 2. The molecule has 2 fully saturated rings. The number of carbonyl (C=O) groups excluding carboxylic acids is 1. The van der Waals surface area contributed by atoms with Crippen molar-refractivity contribution in [2.24, 2.45) is 4.99 Å². The van der Waals surface area contributed by atoms with Gasteiger partial charge < -0.3 is 5.32 Å². The zero-order valence-electron chi connectivity index (χ0n) is 8.86. The van der Waals surface area contributed by atoms with E-state index in [0.717, 1.165) is 17.8 Å². The van der Waals surface area contributed by atoms with E-state index in [1.54, 1.807) is 6.20 Å². The second-order valence-corrected chi connectivity index (χ2v) is 5.14. The summed E-state index contributed by atoms with van der Waals surface area (Å²) in [5, 5.41) is 8.53. The van der Waals surface area contributed by atoms with Gasteiger partial charge in [-0.25, -0.2) is 9.98 Å². The molecule has 1 unspecified atom stereocenters. The molecule has 1 amide bonds. The molecule has 1 aromatic heterocycles. The SMILES string of the molecule is CC1(c2nccs2)NC(=NC2CC2)NC1=O. The fourth-order valence-corrected chi connectivity index (χ4v) is 2.38. The van der Waals surface area contributed by atoms with Gasteiger partial charge in [0.05, 0.1) is 6.04 Å². The predicted octanol–water partition coefficient (Wildman–Crippen LogP) is 0.596. The van der Waals surface area contributed by atoms with Crippen molar-refractivity contribution >= 4 is 23.2 Å². The van der Waals surface area contributed by atoms with E-state index in [-0.39, 0.29) is 5.91 Å². The molecule has 1 aromatic rings. The molecule has 0 bridgehead atoms. The number of amides is 1. The van der Waals surface area contributed by atoms with E-state index >= 15 is 0 Å². The Balaban J connectivity index is 1.89. The molecular weight excluding hydrogens is 224 g/mol. The van der Waals surface area contributed by atoms with Gasteiger partial charge in [0.25, 0.3) is 5.91 Å². The molecule has 0 radical (unpaired) electrons. The Labute approximate surface area is 97.0 Å². The first-order valence-electron chi connectivity index (χ1n) is 5.26. The minimum absolute atomic E-state index is 0.0816. The van der Waals surface area contributed by atoms with Crippen LogP contribution < -0.4 is 10.6 Å². The third-order valence-electron chi connectivity index (χ3n) is 2.77. The Morgan fingerprint density at radius 1 is 1.62 bits per heavy atom. The summed E-state index contributed by atoms with van der Waals surface area (Å²) in [5.74, 6) is 0.507. The van der Waals surface area contributed by atoms with Gasteiger partial charge >= 0.3 is 0 Å². The van der Waals surface area contributed by atoms with Crippen LogP contribution in [0.1, 0.15) is 24.8 Å². The zero-order chi connectivity index (χ0) is 11.2. The second-order valence-electron chi connectivity index (χ2n) is 4.25. The number of thiazole rings is 1. The molecule has 16 heavy (non-hydrogen) atoms. The van der Waals surface area contributed by atoms with E-state index in [1.807, 2.05) is 12.3 Å². The molecule has 2 aliphatic rings. The van der Waals surface area contributed by atoms with Crippen LogP contribution in [0, 0.1) is 0 Å². The molecule has 2 heterocycles. The van der Waals surface area contributed by atoms with Gasteiger partial charge in [0.1, 0.15) is 5.01 Å². The Bertz CT molecular complexity index is 451. The van der Waals surface area contributed by atoms with Crippen molar-refractivity contribution in [3.63, 3.8) is 0 Å². The van der Waals surface area contributed by atoms with Crippen molar-refractivity contribution in [2.75, 3.05) is 0 Å². The van der Waals surface area contributed by atoms with Crippen LogP contribution in [-0.4, -0.2) is 22.9 Å². The maximum Gasteiger partial charge on any atom is 0.259 e. The van der Waals surface area contributed by atoms with E-state index in [9.17, 15) is 4.79 Å². The molecule has 1 saturated carbocycles. The van der Waals surface area contributed by atoms with E-state index in [2.05, 4.69) is 20.6 Å². The maximum atomic E-state index is 11.9. The van der Waals surface area contributed by atoms with Gasteiger partial charge in [-0.15, -0.1) is 11.3 Å². The van der Waals surface area contributed by atoms with E-state index in [4.69, 9.17) is 0 Å². The van der Waals surface area contributed by atoms with Crippen LogP contribution in [0.2, 0.25) is 0 Å². The third kappa shape index (κ3) is 1.49. The van der Waals surface area contributed by atoms with Gasteiger partial charge in [0.15, 0.2) is 11.5 Å². The lowest BCUT2D eigenvalue weighted by atomic mass is 10.1. The Hall–Kier alpha value is -1.43. The van der Waals surface area contributed by atoms with Crippen molar-refractivity contribution in [1.82, 2.24) is 15.6 Å². The quantitative estimate of drug-likeness (QED) is 0.790. The summed E-state index contributed by atoms with van der Waals surface area (Å²) >= 11 is 1.47. The van der Waals surface area contributed by atoms with Crippen LogP contribution in [0.15, 0.2) is 16.6 Å². The van der Waals surface area contributed by atoms with Crippen molar-refractivity contribution in [1.29, 1.82) is 0 Å². The van der Waals surface area contributed by atoms with Gasteiger partial charge in [-0.1, -0.05) is 0 Å². The largest absolute Gasteiger partial charge is 0.336 e. The normalized spacial score (nSPS) is 31.6. The minimum atomic E-state index is -0.762. The van der Waals surface area contributed by atoms with Gasteiger partial charge in [0, 0.05) is 11.6 Å². The van der Waals surface area contributed by atoms with Crippen molar-refractivity contribution in [2.45, 2.75) is 31.3 Å². The number of hydrogen-bond acceptors (Lipinski definition) is 4. The number of guanidine groups is 1. The van der Waals surface area contributed by atoms with Crippen LogP contribution in [0.4, 0.5) is 0 Å². The lowest BCUT2D eigenvalue weighted by Gasteiger charge is -2.17. The molecule has 5 nitrogen and oxygen atoms in total. The molecule has 6 heteroatoms. The lowest BCUT2D eigenvalue weighted by molar-refractivity contribution is -0.123. The highest BCUT2D eigenvalue weighted by atomic mass is 32.1. The highest BCUT2D eigenvalue weighted by molar-refractivity contribution is 7.09. The molecule has 3 rings (SSSR count). The number of hydrogen-bond donors (Lipinski definition) is 2. The molecule has 1 atom stereocenters. The standard InChI is InChI=1S/C10H12N4OS/c1-10(8-11-4-5-16-8)7(15)13-9(14-10)12-6-2-3-6/h4-6H,2-3H2,1H3,(H2,12,13,14,15). The van der Waals surface area contributed by atoms with Crippen LogP contribution >= 0.6 is 11.3 Å². The zero-order valence-corrected chi connectivity index (χ0v) is 9.67. The number of aromatic nitrogens is 1. The molecule has 2 N–H and O–H groups in total. The average Bonchev–Trinajstić information content (AvgIpc) is 2.80. The Kier molecular flexibility index (Phi) is 2.00. The summed E-state index contributed by atoms with van der Waals surface area (Å²) in [6, 6.07) is 0.390. The Morgan fingerprint density at radius 2 is 2.44 bits per heavy atom. The van der Waals surface area contributed by atoms with E-state index < -0.39 is 5.54 Å². The number of carbonyl (C=O) groups is 1. The molecule has 1 saturated heterocycles. The average molecular weight is 236 g/mol. The highest BCUT2D eigenvalue weighted by Crippen LogP contribution is 2.28. The summed E-state index contributed by atoms with van der Waals surface area (Å²) in [5.41, 5.74) is -0.762. The maximum absolute atomic E-state index is 11.9. The summed E-state index contributed by atoms with van der Waals surface area (Å²) in [4.78, 5) is 20.5. The fourth-order valence-electron chi connectivity index (χ4n) is 1.63. The van der Waals surface area contributed by atoms with Crippen LogP contribution in [0.3, 0.4) is 0 Å². The first kappa shape index (κ1) is 9.77. The Morgan fingerprint density at radius 3 is 3.06 bits per heavy atom. The number of aliphatic imine (C=N–C) groups is 1. The van der Waals surface area contributed by atoms with Gasteiger partial charge in [0.2, 0.25) is 0 Å². The first-order chi connectivity index (χ1) is 7.68. The molecule has 1 aliphatic heterocycles. The first-order valence-corrected chi connectivity index (χ1v) is 6.14. The summed E-state index contributed by atoms with van der Waals surface area (Å²) in [6.07, 6.45) is 3.94. The summed E-state index contributed by atoms with van der Waals surface area (Å²) in [7, 11) is 0. The van der Waals surface area contributed by atoms with Gasteiger partial charge in [-0.05, 0) is 19.8 Å². The van der Waals surface area contributed by atoms with Crippen LogP contribution in [0.5, 0.6) is 0 Å². The summed E-state index contributed by atoms with van der Waals surface area (Å²) < 4.78 is 0. The van der Waals surface area contributed by atoms with Gasteiger partial charge in [-0.3, -0.25) is 10.1 Å². The minimum Gasteiger partial charge on any atom is -0.336 e. The lowest BCUT2D eigenvalue weighted by Crippen LogP contribution is -2.40. The predicted molar refractivity (Wildman–Crippen MR) is 61.2 cm³/mol. The van der Waals surface area contributed by atoms with Crippen molar-refractivity contribution in [3.8, 4) is 0 Å². The topological polar surface area (TPSA) is 66.4 Å². The van der Waals surface area contributed by atoms with Crippen molar-refractivity contribution < 1.29 is 4.79 Å². The van der Waals surface area contributed by atoms with Gasteiger partial charge in [-0.2, -0.15) is 0 Å². The summed E-state index contributed by atoms with van der Waals surface area (Å²) in [6.45, 7) is 1.83. The number of rotatable bonds is 2. The van der Waals surface area contributed by atoms with E-state index in [1.165, 1.54) is 11.3 Å². The fraction of sp³-hybridized carbons (Fsp3) is 0.500. The van der Waals surface area contributed by atoms with Crippen LogP contribution in [-0.2, 0) is 10.3 Å². The molecule has 1 aliphatic carbocycles. The molecule has 0 spiro atoms. The molecular formula is C10H12N4OS. The monoisotopic (exact) mass is 236 g/mol. The molecule has 0 aromatic carbocycles. The van der Waals surface area contributed by atoms with Crippen molar-refractivity contribution in [3.05, 3.63) is 16.6 Å². The third-order valence-corrected chi connectivity index (χ3v) is 3.77. The number of nitrogens with zero attached hydrogens (tertiary/aromatic N) is 2. The second kappa shape index (κ2) is 3.28. The van der Waals surface area contributed by atoms with Crippen LogP contribution in [0.25, 0.3) is 0 Å². The highest BCUT2D eigenvalue weighted by Gasteiger charge is 2.44. The smallest absolute Gasteiger partial charge is 0.259 e. The van der Waals surface area contributed by atoms with E-state index in [0.29, 0.717) is 12.0 Å². The molecule has 84 valence electrons.